The second-order valence-corrected chi connectivity index (χ2v) is 6.80. The normalized spacial score (nSPS) is 10.9. The molecule has 1 aromatic heterocycles. The Morgan fingerprint density at radius 1 is 0.857 bits per heavy atom. The Bertz CT molecular complexity index is 1000. The van der Waals surface area contributed by atoms with Crippen molar-refractivity contribution in [3.8, 4) is 0 Å². The van der Waals surface area contributed by atoms with Crippen LogP contribution in [-0.4, -0.2) is 17.6 Å². The van der Waals surface area contributed by atoms with E-state index in [0.717, 1.165) is 23.1 Å². The lowest BCUT2D eigenvalue weighted by Gasteiger charge is -2.20. The molecule has 4 nitrogen and oxygen atoms in total. The molecular formula is C24H23N3O. The van der Waals surface area contributed by atoms with Crippen LogP contribution in [0.3, 0.4) is 0 Å². The molecule has 0 aliphatic heterocycles. The predicted molar refractivity (Wildman–Crippen MR) is 113 cm³/mol. The average Bonchev–Trinajstić information content (AvgIpc) is 3.21. The van der Waals surface area contributed by atoms with Gasteiger partial charge in [-0.05, 0) is 46.7 Å². The molecule has 0 saturated heterocycles. The molecule has 0 aliphatic carbocycles. The quantitative estimate of drug-likeness (QED) is 0.449. The maximum Gasteiger partial charge on any atom is 0.315 e. The largest absolute Gasteiger partial charge is 0.361 e. The third-order valence-corrected chi connectivity index (χ3v) is 4.86. The lowest BCUT2D eigenvalue weighted by Crippen LogP contribution is -2.39. The predicted octanol–water partition coefficient (Wildman–Crippen LogP) is 4.80. The first-order valence-electron chi connectivity index (χ1n) is 9.50. The summed E-state index contributed by atoms with van der Waals surface area (Å²) in [6.07, 6.45) is 2.73. The number of rotatable bonds is 6. The molecule has 0 atom stereocenters. The zero-order valence-electron chi connectivity index (χ0n) is 15.6. The third-order valence-electron chi connectivity index (χ3n) is 4.86. The Hall–Kier alpha value is -3.53. The van der Waals surface area contributed by atoms with Crippen molar-refractivity contribution in [1.29, 1.82) is 0 Å². The molecule has 3 N–H and O–H groups in total. The van der Waals surface area contributed by atoms with Crippen LogP contribution in [0.2, 0.25) is 0 Å². The number of hydrogen-bond acceptors (Lipinski definition) is 1. The zero-order valence-corrected chi connectivity index (χ0v) is 15.6. The molecule has 0 fully saturated rings. The van der Waals surface area contributed by atoms with Gasteiger partial charge in [0, 0.05) is 18.3 Å². The first-order valence-corrected chi connectivity index (χ1v) is 9.50. The number of urea groups is 1. The molecule has 0 radical (unpaired) electrons. The van der Waals surface area contributed by atoms with E-state index in [1.165, 1.54) is 10.9 Å². The topological polar surface area (TPSA) is 56.9 Å². The standard InChI is InChI=1S/C24H23N3O/c28-24(26-15-13-18-11-12-22-21(17-18)14-16-25-22)27-23(19-7-3-1-4-8-19)20-9-5-2-6-10-20/h1-12,14,16-17,23,25H,13,15H2,(H2,26,27,28). The van der Waals surface area contributed by atoms with Gasteiger partial charge < -0.3 is 15.6 Å². The van der Waals surface area contributed by atoms with Gasteiger partial charge in [-0.2, -0.15) is 0 Å². The summed E-state index contributed by atoms with van der Waals surface area (Å²) in [6.45, 7) is 0.581. The van der Waals surface area contributed by atoms with E-state index in [0.29, 0.717) is 6.54 Å². The van der Waals surface area contributed by atoms with E-state index in [1.54, 1.807) is 0 Å². The second-order valence-electron chi connectivity index (χ2n) is 6.80. The van der Waals surface area contributed by atoms with Gasteiger partial charge in [-0.1, -0.05) is 66.7 Å². The number of amides is 2. The number of fused-ring (bicyclic) bond motifs is 1. The highest BCUT2D eigenvalue weighted by Gasteiger charge is 2.16. The SMILES string of the molecule is O=C(NCCc1ccc2[nH]ccc2c1)NC(c1ccccc1)c1ccccc1. The number of aromatic nitrogens is 1. The van der Waals surface area contributed by atoms with Crippen molar-refractivity contribution >= 4 is 16.9 Å². The minimum absolute atomic E-state index is 0.166. The van der Waals surface area contributed by atoms with Gasteiger partial charge in [0.05, 0.1) is 6.04 Å². The highest BCUT2D eigenvalue weighted by atomic mass is 16.2. The molecule has 2 amide bonds. The lowest BCUT2D eigenvalue weighted by molar-refractivity contribution is 0.239. The highest BCUT2D eigenvalue weighted by Crippen LogP contribution is 2.21. The summed E-state index contributed by atoms with van der Waals surface area (Å²) < 4.78 is 0. The van der Waals surface area contributed by atoms with E-state index in [4.69, 9.17) is 0 Å². The zero-order chi connectivity index (χ0) is 19.2. The molecule has 4 heteroatoms. The van der Waals surface area contributed by atoms with E-state index in [1.807, 2.05) is 66.9 Å². The summed E-state index contributed by atoms with van der Waals surface area (Å²) in [7, 11) is 0. The van der Waals surface area contributed by atoms with Crippen molar-refractivity contribution in [3.63, 3.8) is 0 Å². The summed E-state index contributed by atoms with van der Waals surface area (Å²) in [4.78, 5) is 15.7. The minimum atomic E-state index is -0.182. The van der Waals surface area contributed by atoms with Crippen LogP contribution in [0.5, 0.6) is 0 Å². The summed E-state index contributed by atoms with van der Waals surface area (Å²) >= 11 is 0. The van der Waals surface area contributed by atoms with Gasteiger partial charge in [-0.3, -0.25) is 0 Å². The van der Waals surface area contributed by atoms with Crippen LogP contribution >= 0.6 is 0 Å². The van der Waals surface area contributed by atoms with Crippen molar-refractivity contribution < 1.29 is 4.79 Å². The molecule has 0 spiro atoms. The van der Waals surface area contributed by atoms with Crippen LogP contribution < -0.4 is 10.6 Å². The molecule has 0 aliphatic rings. The molecule has 4 aromatic rings. The van der Waals surface area contributed by atoms with Crippen molar-refractivity contribution in [2.24, 2.45) is 0 Å². The van der Waals surface area contributed by atoms with Crippen molar-refractivity contribution in [2.75, 3.05) is 6.54 Å². The number of hydrogen-bond donors (Lipinski definition) is 3. The fraction of sp³-hybridized carbons (Fsp3) is 0.125. The Morgan fingerprint density at radius 3 is 2.21 bits per heavy atom. The van der Waals surface area contributed by atoms with Crippen LogP contribution in [0.4, 0.5) is 4.79 Å². The van der Waals surface area contributed by atoms with Crippen LogP contribution in [0.1, 0.15) is 22.7 Å². The Labute approximate surface area is 164 Å². The minimum Gasteiger partial charge on any atom is -0.361 e. The smallest absolute Gasteiger partial charge is 0.315 e. The van der Waals surface area contributed by atoms with Gasteiger partial charge in [0.15, 0.2) is 0 Å². The molecule has 0 bridgehead atoms. The molecule has 140 valence electrons. The van der Waals surface area contributed by atoms with Gasteiger partial charge in [-0.25, -0.2) is 4.79 Å². The number of benzene rings is 3. The van der Waals surface area contributed by atoms with E-state index in [9.17, 15) is 4.79 Å². The van der Waals surface area contributed by atoms with Crippen molar-refractivity contribution in [2.45, 2.75) is 12.5 Å². The number of aromatic amines is 1. The fourth-order valence-corrected chi connectivity index (χ4v) is 3.41. The van der Waals surface area contributed by atoms with Crippen molar-refractivity contribution in [1.82, 2.24) is 15.6 Å². The number of H-pyrrole nitrogens is 1. The second kappa shape index (κ2) is 8.44. The number of carbonyl (C=O) groups is 1. The van der Waals surface area contributed by atoms with Gasteiger partial charge in [0.2, 0.25) is 0 Å². The lowest BCUT2D eigenvalue weighted by atomic mass is 9.99. The monoisotopic (exact) mass is 369 g/mol. The fourth-order valence-electron chi connectivity index (χ4n) is 3.41. The maximum absolute atomic E-state index is 12.5. The first-order chi connectivity index (χ1) is 13.8. The summed E-state index contributed by atoms with van der Waals surface area (Å²) in [5, 5.41) is 7.28. The molecule has 0 saturated carbocycles. The van der Waals surface area contributed by atoms with Gasteiger partial charge in [0.25, 0.3) is 0 Å². The molecule has 1 heterocycles. The average molecular weight is 369 g/mol. The van der Waals surface area contributed by atoms with E-state index in [-0.39, 0.29) is 12.1 Å². The van der Waals surface area contributed by atoms with Crippen molar-refractivity contribution in [3.05, 3.63) is 108 Å². The molecular weight excluding hydrogens is 346 g/mol. The summed E-state index contributed by atoms with van der Waals surface area (Å²) in [6, 6.07) is 28.1. The van der Waals surface area contributed by atoms with Gasteiger partial charge in [-0.15, -0.1) is 0 Å². The van der Waals surface area contributed by atoms with E-state index < -0.39 is 0 Å². The van der Waals surface area contributed by atoms with Crippen LogP contribution in [0.25, 0.3) is 10.9 Å². The highest BCUT2D eigenvalue weighted by molar-refractivity contribution is 5.80. The molecule has 3 aromatic carbocycles. The number of carbonyl (C=O) groups excluding carboxylic acids is 1. The molecule has 28 heavy (non-hydrogen) atoms. The van der Waals surface area contributed by atoms with Gasteiger partial charge in [0.1, 0.15) is 0 Å². The van der Waals surface area contributed by atoms with Crippen LogP contribution in [0, 0.1) is 0 Å². The van der Waals surface area contributed by atoms with E-state index in [2.05, 4.69) is 39.9 Å². The van der Waals surface area contributed by atoms with Crippen LogP contribution in [-0.2, 0) is 6.42 Å². The Morgan fingerprint density at radius 2 is 1.54 bits per heavy atom. The maximum atomic E-state index is 12.5. The summed E-state index contributed by atoms with van der Waals surface area (Å²) in [5.41, 5.74) is 4.45. The van der Waals surface area contributed by atoms with Gasteiger partial charge >= 0.3 is 6.03 Å². The number of nitrogens with one attached hydrogen (secondary N) is 3. The molecule has 0 unspecified atom stereocenters. The third kappa shape index (κ3) is 4.23. The first kappa shape index (κ1) is 17.9. The van der Waals surface area contributed by atoms with E-state index >= 15 is 0 Å². The Balaban J connectivity index is 1.39. The molecule has 4 rings (SSSR count). The summed E-state index contributed by atoms with van der Waals surface area (Å²) in [5.74, 6) is 0. The van der Waals surface area contributed by atoms with Crippen LogP contribution in [0.15, 0.2) is 91.1 Å². The Kier molecular flexibility index (Phi) is 5.38.